The number of halogens is 3. The highest BCUT2D eigenvalue weighted by Gasteiger charge is 2.33. The Morgan fingerprint density at radius 2 is 1.85 bits per heavy atom. The Bertz CT molecular complexity index is 869. The maximum absolute atomic E-state index is 13.0. The van der Waals surface area contributed by atoms with Crippen molar-refractivity contribution in [1.82, 2.24) is 5.43 Å². The lowest BCUT2D eigenvalue weighted by Crippen LogP contribution is -2.26. The molecule has 0 unspecified atom stereocenters. The molecule has 1 aliphatic rings. The van der Waals surface area contributed by atoms with Gasteiger partial charge in [-0.3, -0.25) is 5.43 Å². The van der Waals surface area contributed by atoms with Gasteiger partial charge in [-0.25, -0.2) is 0 Å². The molecule has 0 aromatic heterocycles. The molecular weight excluding hydrogens is 367 g/mol. The van der Waals surface area contributed by atoms with Crippen molar-refractivity contribution in [1.29, 1.82) is 0 Å². The average molecular weight is 381 g/mol. The predicted molar refractivity (Wildman–Crippen MR) is 95.6 cm³/mol. The first-order chi connectivity index (χ1) is 12.3. The molecule has 2 N–H and O–H groups in total. The van der Waals surface area contributed by atoms with Crippen LogP contribution in [0, 0.1) is 0 Å². The molecule has 136 valence electrons. The number of thiocarbonyl (C=S) groups is 1. The number of rotatable bonds is 3. The quantitative estimate of drug-likeness (QED) is 0.475. The number of nitrogens with zero attached hydrogens (tertiary/aromatic N) is 1. The summed E-state index contributed by atoms with van der Waals surface area (Å²) in [5.41, 5.74) is 2.94. The van der Waals surface area contributed by atoms with E-state index in [4.69, 9.17) is 21.7 Å². The molecule has 2 aromatic rings. The highest BCUT2D eigenvalue weighted by molar-refractivity contribution is 7.80. The van der Waals surface area contributed by atoms with Gasteiger partial charge in [0.1, 0.15) is 0 Å². The third-order valence-electron chi connectivity index (χ3n) is 3.60. The topological polar surface area (TPSA) is 54.9 Å². The molecule has 1 heterocycles. The van der Waals surface area contributed by atoms with Crippen LogP contribution in [0.2, 0.25) is 0 Å². The Kier molecular flexibility index (Phi) is 4.99. The van der Waals surface area contributed by atoms with Crippen LogP contribution in [0.5, 0.6) is 11.5 Å². The van der Waals surface area contributed by atoms with Crippen molar-refractivity contribution < 1.29 is 22.6 Å². The van der Waals surface area contributed by atoms with Crippen LogP contribution in [0.25, 0.3) is 0 Å². The SMILES string of the molecule is C/C(=N/NC(=S)Nc1ccccc1C(F)(F)F)c1ccc2c(c1)OCO2. The molecule has 0 atom stereocenters. The standard InChI is InChI=1S/C17H14F3N3O2S/c1-10(11-6-7-14-15(8-11)25-9-24-14)22-23-16(26)21-13-5-3-2-4-12(13)17(18,19)20/h2-8H,9H2,1H3,(H2,21,23,26)/b22-10-. The lowest BCUT2D eigenvalue weighted by atomic mass is 10.1. The number of hydrogen-bond acceptors (Lipinski definition) is 4. The van der Waals surface area contributed by atoms with Crippen molar-refractivity contribution in [3.8, 4) is 11.5 Å². The van der Waals surface area contributed by atoms with Gasteiger partial charge in [0, 0.05) is 5.56 Å². The van der Waals surface area contributed by atoms with E-state index >= 15 is 0 Å². The first-order valence-electron chi connectivity index (χ1n) is 7.52. The molecule has 9 heteroatoms. The molecule has 0 aliphatic carbocycles. The molecule has 0 spiro atoms. The van der Waals surface area contributed by atoms with E-state index in [1.807, 2.05) is 0 Å². The Morgan fingerprint density at radius 3 is 2.62 bits per heavy atom. The van der Waals surface area contributed by atoms with Crippen LogP contribution in [-0.4, -0.2) is 17.6 Å². The molecular formula is C17H14F3N3O2S. The van der Waals surface area contributed by atoms with E-state index in [2.05, 4.69) is 15.8 Å². The van der Waals surface area contributed by atoms with Crippen molar-refractivity contribution in [2.24, 2.45) is 5.10 Å². The van der Waals surface area contributed by atoms with Crippen LogP contribution in [0.1, 0.15) is 18.1 Å². The second-order valence-corrected chi connectivity index (χ2v) is 5.78. The van der Waals surface area contributed by atoms with E-state index in [1.54, 1.807) is 25.1 Å². The number of hydrazone groups is 1. The minimum absolute atomic E-state index is 0.0539. The van der Waals surface area contributed by atoms with E-state index in [0.29, 0.717) is 17.2 Å². The number of benzene rings is 2. The van der Waals surface area contributed by atoms with Crippen molar-refractivity contribution in [3.63, 3.8) is 0 Å². The summed E-state index contributed by atoms with van der Waals surface area (Å²) >= 11 is 5.02. The molecule has 0 bridgehead atoms. The van der Waals surface area contributed by atoms with E-state index in [1.165, 1.54) is 18.2 Å². The number of ether oxygens (including phenoxy) is 2. The Morgan fingerprint density at radius 1 is 1.12 bits per heavy atom. The fourth-order valence-electron chi connectivity index (χ4n) is 2.31. The summed E-state index contributed by atoms with van der Waals surface area (Å²) in [5.74, 6) is 1.26. The van der Waals surface area contributed by atoms with Gasteiger partial charge < -0.3 is 14.8 Å². The van der Waals surface area contributed by atoms with E-state index in [-0.39, 0.29) is 17.6 Å². The molecule has 0 radical (unpaired) electrons. The zero-order valence-electron chi connectivity index (χ0n) is 13.6. The Balaban J connectivity index is 1.68. The van der Waals surface area contributed by atoms with Gasteiger partial charge in [0.05, 0.1) is 17.0 Å². The highest BCUT2D eigenvalue weighted by Crippen LogP contribution is 2.34. The third-order valence-corrected chi connectivity index (χ3v) is 3.79. The fourth-order valence-corrected chi connectivity index (χ4v) is 2.47. The van der Waals surface area contributed by atoms with E-state index in [9.17, 15) is 13.2 Å². The second-order valence-electron chi connectivity index (χ2n) is 5.37. The summed E-state index contributed by atoms with van der Waals surface area (Å²) in [6.45, 7) is 1.90. The fraction of sp³-hybridized carbons (Fsp3) is 0.176. The second kappa shape index (κ2) is 7.20. The first kappa shape index (κ1) is 18.0. The van der Waals surface area contributed by atoms with Gasteiger partial charge in [0.2, 0.25) is 6.79 Å². The summed E-state index contributed by atoms with van der Waals surface area (Å²) < 4.78 is 49.5. The van der Waals surface area contributed by atoms with Gasteiger partial charge in [-0.05, 0) is 49.5 Å². The van der Waals surface area contributed by atoms with Gasteiger partial charge in [-0.1, -0.05) is 12.1 Å². The molecule has 2 aromatic carbocycles. The van der Waals surface area contributed by atoms with Crippen LogP contribution in [-0.2, 0) is 6.18 Å². The summed E-state index contributed by atoms with van der Waals surface area (Å²) in [6, 6.07) is 10.4. The third kappa shape index (κ3) is 4.05. The summed E-state index contributed by atoms with van der Waals surface area (Å²) in [4.78, 5) is 0. The van der Waals surface area contributed by atoms with Crippen LogP contribution in [0.15, 0.2) is 47.6 Å². The van der Waals surface area contributed by atoms with Crippen LogP contribution in [0.3, 0.4) is 0 Å². The zero-order valence-corrected chi connectivity index (χ0v) is 14.4. The lowest BCUT2D eigenvalue weighted by Gasteiger charge is -2.14. The maximum atomic E-state index is 13.0. The van der Waals surface area contributed by atoms with E-state index < -0.39 is 11.7 Å². The van der Waals surface area contributed by atoms with Gasteiger partial charge >= 0.3 is 6.18 Å². The zero-order chi connectivity index (χ0) is 18.7. The number of para-hydroxylation sites is 1. The maximum Gasteiger partial charge on any atom is 0.418 e. The van der Waals surface area contributed by atoms with Crippen molar-refractivity contribution in [3.05, 3.63) is 53.6 Å². The van der Waals surface area contributed by atoms with Crippen molar-refractivity contribution >= 4 is 28.7 Å². The number of alkyl halides is 3. The van der Waals surface area contributed by atoms with Crippen LogP contribution >= 0.6 is 12.2 Å². The Hall–Kier alpha value is -2.81. The summed E-state index contributed by atoms with van der Waals surface area (Å²) in [5, 5.41) is 6.55. The highest BCUT2D eigenvalue weighted by atomic mass is 32.1. The van der Waals surface area contributed by atoms with Gasteiger partial charge in [0.15, 0.2) is 16.6 Å². The van der Waals surface area contributed by atoms with Gasteiger partial charge in [0.25, 0.3) is 0 Å². The molecule has 0 fully saturated rings. The minimum atomic E-state index is -4.48. The number of fused-ring (bicyclic) bond motifs is 1. The summed E-state index contributed by atoms with van der Waals surface area (Å²) in [7, 11) is 0. The van der Waals surface area contributed by atoms with E-state index in [0.717, 1.165) is 11.6 Å². The smallest absolute Gasteiger partial charge is 0.418 e. The van der Waals surface area contributed by atoms with Crippen LogP contribution < -0.4 is 20.2 Å². The first-order valence-corrected chi connectivity index (χ1v) is 7.93. The monoisotopic (exact) mass is 381 g/mol. The van der Waals surface area contributed by atoms with Crippen molar-refractivity contribution in [2.45, 2.75) is 13.1 Å². The predicted octanol–water partition coefficient (Wildman–Crippen LogP) is 4.14. The average Bonchev–Trinajstić information content (AvgIpc) is 3.07. The molecule has 5 nitrogen and oxygen atoms in total. The lowest BCUT2D eigenvalue weighted by molar-refractivity contribution is -0.136. The molecule has 1 aliphatic heterocycles. The number of nitrogens with one attached hydrogen (secondary N) is 2. The normalized spacial score (nSPS) is 13.5. The van der Waals surface area contributed by atoms with Gasteiger partial charge in [-0.2, -0.15) is 18.3 Å². The molecule has 0 amide bonds. The molecule has 26 heavy (non-hydrogen) atoms. The molecule has 0 saturated heterocycles. The largest absolute Gasteiger partial charge is 0.454 e. The number of anilines is 1. The Labute approximate surface area is 152 Å². The molecule has 3 rings (SSSR count). The minimum Gasteiger partial charge on any atom is -0.454 e. The van der Waals surface area contributed by atoms with Gasteiger partial charge in [-0.15, -0.1) is 0 Å². The summed E-state index contributed by atoms with van der Waals surface area (Å²) in [6.07, 6.45) is -4.48. The van der Waals surface area contributed by atoms with Crippen molar-refractivity contribution in [2.75, 3.05) is 12.1 Å². The van der Waals surface area contributed by atoms with Crippen LogP contribution in [0.4, 0.5) is 18.9 Å². The molecule has 0 saturated carbocycles. The number of hydrogen-bond donors (Lipinski definition) is 2.